The van der Waals surface area contributed by atoms with E-state index in [-0.39, 0.29) is 17.4 Å². The number of ether oxygens (including phenoxy) is 1. The average Bonchev–Trinajstić information content (AvgIpc) is 3.49. The molecule has 158 valence electrons. The van der Waals surface area contributed by atoms with Crippen LogP contribution in [0.5, 0.6) is 10.8 Å². The third-order valence-electron chi connectivity index (χ3n) is 4.57. The number of hydrogen-bond acceptors (Lipinski definition) is 5. The summed E-state index contributed by atoms with van der Waals surface area (Å²) in [5, 5.41) is 3.38. The number of aliphatic imine (C=N–C) groups is 1. The molecule has 5 rings (SSSR count). The molecule has 1 amide bonds. The van der Waals surface area contributed by atoms with Gasteiger partial charge in [-0.2, -0.15) is 0 Å². The number of carbonyl (C=O) groups is 1. The second-order valence-corrected chi connectivity index (χ2v) is 8.53. The zero-order valence-corrected chi connectivity index (χ0v) is 17.9. The van der Waals surface area contributed by atoms with Crippen LogP contribution in [0.1, 0.15) is 11.3 Å². The Bertz CT molecular complexity index is 1390. The third kappa shape index (κ3) is 4.34. The molecule has 32 heavy (non-hydrogen) atoms. The van der Waals surface area contributed by atoms with Gasteiger partial charge < -0.3 is 14.5 Å². The van der Waals surface area contributed by atoms with Crippen LogP contribution in [0, 0.1) is 5.82 Å². The lowest BCUT2D eigenvalue weighted by Gasteiger charge is -2.03. The summed E-state index contributed by atoms with van der Waals surface area (Å²) in [6.07, 6.45) is 1.66. The molecular weight excluding hydrogens is 451 g/mol. The Balaban J connectivity index is 1.38. The number of hydrogen-bond donors (Lipinski definition) is 1. The fourth-order valence-corrected chi connectivity index (χ4v) is 4.04. The number of amidine groups is 1. The molecule has 0 radical (unpaired) electrons. The van der Waals surface area contributed by atoms with Gasteiger partial charge in [0.1, 0.15) is 23.0 Å². The summed E-state index contributed by atoms with van der Waals surface area (Å²) in [4.78, 5) is 16.8. The van der Waals surface area contributed by atoms with Crippen molar-refractivity contribution in [2.45, 2.75) is 0 Å². The van der Waals surface area contributed by atoms with Crippen molar-refractivity contribution in [3.8, 4) is 22.1 Å². The quantitative estimate of drug-likeness (QED) is 0.342. The van der Waals surface area contributed by atoms with E-state index in [0.29, 0.717) is 38.1 Å². The van der Waals surface area contributed by atoms with Crippen molar-refractivity contribution in [3.63, 3.8) is 0 Å². The topological polar surface area (TPSA) is 63.8 Å². The Morgan fingerprint density at radius 3 is 2.69 bits per heavy atom. The first kappa shape index (κ1) is 20.2. The molecule has 2 aromatic heterocycles. The van der Waals surface area contributed by atoms with Gasteiger partial charge in [-0.05, 0) is 60.2 Å². The first-order valence-corrected chi connectivity index (χ1v) is 10.7. The van der Waals surface area contributed by atoms with Crippen LogP contribution < -0.4 is 10.1 Å². The Labute approximate surface area is 191 Å². The van der Waals surface area contributed by atoms with Crippen molar-refractivity contribution in [1.82, 2.24) is 5.32 Å². The monoisotopic (exact) mass is 464 g/mol. The van der Waals surface area contributed by atoms with Gasteiger partial charge in [0.15, 0.2) is 16.7 Å². The maximum Gasteiger partial charge on any atom is 0.275 e. The number of carbonyl (C=O) groups excluding carboxylic acids is 1. The number of rotatable bonds is 5. The number of thiophene rings is 1. The highest BCUT2D eigenvalue weighted by atomic mass is 35.5. The van der Waals surface area contributed by atoms with E-state index in [1.165, 1.54) is 23.5 Å². The van der Waals surface area contributed by atoms with E-state index < -0.39 is 0 Å². The number of nitrogens with one attached hydrogen (secondary N) is 1. The minimum atomic E-state index is -0.356. The van der Waals surface area contributed by atoms with Crippen molar-refractivity contribution in [3.05, 3.63) is 100.0 Å². The second-order valence-electron chi connectivity index (χ2n) is 6.85. The molecule has 0 bridgehead atoms. The Kier molecular flexibility index (Phi) is 5.34. The molecule has 0 aliphatic carbocycles. The highest BCUT2D eigenvalue weighted by molar-refractivity contribution is 7.17. The van der Waals surface area contributed by atoms with Crippen molar-refractivity contribution < 1.29 is 18.3 Å². The van der Waals surface area contributed by atoms with Gasteiger partial charge in [0.25, 0.3) is 5.91 Å². The standard InChI is InChI=1S/C24H14ClFN2O3S/c25-21-9-10-22(32-21)30-17-6-1-3-14(11-17)12-18-24(29)28-23(27-18)20-8-7-19(31-20)15-4-2-5-16(26)13-15/h1-13H,(H,27,28,29)/b18-12-. The van der Waals surface area contributed by atoms with E-state index in [0.717, 1.165) is 5.56 Å². The first-order valence-electron chi connectivity index (χ1n) is 9.55. The molecular formula is C24H14ClFN2O3S. The zero-order valence-electron chi connectivity index (χ0n) is 16.3. The van der Waals surface area contributed by atoms with E-state index in [2.05, 4.69) is 10.3 Å². The summed E-state index contributed by atoms with van der Waals surface area (Å²) < 4.78 is 25.7. The van der Waals surface area contributed by atoms with Gasteiger partial charge >= 0.3 is 0 Å². The minimum Gasteiger partial charge on any atom is -0.453 e. The number of halogens is 2. The van der Waals surface area contributed by atoms with Crippen molar-refractivity contribution >= 4 is 40.8 Å². The van der Waals surface area contributed by atoms with Gasteiger partial charge in [0.05, 0.1) is 4.34 Å². The van der Waals surface area contributed by atoms with Gasteiger partial charge in [-0.1, -0.05) is 47.2 Å². The van der Waals surface area contributed by atoms with E-state index in [1.54, 1.807) is 48.5 Å². The maximum absolute atomic E-state index is 13.5. The summed E-state index contributed by atoms with van der Waals surface area (Å²) in [6.45, 7) is 0. The molecule has 1 aliphatic rings. The van der Waals surface area contributed by atoms with Crippen molar-refractivity contribution in [2.24, 2.45) is 4.99 Å². The zero-order chi connectivity index (χ0) is 22.1. The Morgan fingerprint density at radius 2 is 1.88 bits per heavy atom. The molecule has 8 heteroatoms. The van der Waals surface area contributed by atoms with E-state index in [9.17, 15) is 9.18 Å². The lowest BCUT2D eigenvalue weighted by Crippen LogP contribution is -2.24. The van der Waals surface area contributed by atoms with Gasteiger partial charge in [-0.25, -0.2) is 9.38 Å². The summed E-state index contributed by atoms with van der Waals surface area (Å²) in [5.41, 5.74) is 1.58. The average molecular weight is 465 g/mol. The van der Waals surface area contributed by atoms with Crippen LogP contribution in [0.15, 0.2) is 87.9 Å². The minimum absolute atomic E-state index is 0.236. The van der Waals surface area contributed by atoms with Crippen LogP contribution in [0.4, 0.5) is 4.39 Å². The molecule has 2 aromatic carbocycles. The van der Waals surface area contributed by atoms with E-state index in [4.69, 9.17) is 20.8 Å². The summed E-state index contributed by atoms with van der Waals surface area (Å²) >= 11 is 7.27. The molecule has 0 unspecified atom stereocenters. The smallest absolute Gasteiger partial charge is 0.275 e. The summed E-state index contributed by atoms with van der Waals surface area (Å²) in [7, 11) is 0. The fourth-order valence-electron chi connectivity index (χ4n) is 3.14. The molecule has 0 spiro atoms. The molecule has 0 saturated heterocycles. The number of amides is 1. The Hall–Kier alpha value is -3.68. The van der Waals surface area contributed by atoms with Crippen LogP contribution in [-0.2, 0) is 4.79 Å². The van der Waals surface area contributed by atoms with E-state index >= 15 is 0 Å². The van der Waals surface area contributed by atoms with Crippen LogP contribution in [0.25, 0.3) is 17.4 Å². The lowest BCUT2D eigenvalue weighted by atomic mass is 10.2. The van der Waals surface area contributed by atoms with Crippen LogP contribution in [-0.4, -0.2) is 11.7 Å². The molecule has 3 heterocycles. The highest BCUT2D eigenvalue weighted by Crippen LogP contribution is 2.32. The first-order chi connectivity index (χ1) is 15.5. The number of furan rings is 1. The Morgan fingerprint density at radius 1 is 1.03 bits per heavy atom. The number of benzene rings is 2. The van der Waals surface area contributed by atoms with Gasteiger partial charge in [0, 0.05) is 5.56 Å². The highest BCUT2D eigenvalue weighted by Gasteiger charge is 2.23. The van der Waals surface area contributed by atoms with Gasteiger partial charge in [-0.15, -0.1) is 0 Å². The molecule has 5 nitrogen and oxygen atoms in total. The van der Waals surface area contributed by atoms with Crippen LogP contribution >= 0.6 is 22.9 Å². The van der Waals surface area contributed by atoms with Crippen molar-refractivity contribution in [1.29, 1.82) is 0 Å². The molecule has 1 aliphatic heterocycles. The van der Waals surface area contributed by atoms with Gasteiger partial charge in [0.2, 0.25) is 0 Å². The third-order valence-corrected chi connectivity index (χ3v) is 5.68. The molecule has 0 saturated carbocycles. The van der Waals surface area contributed by atoms with E-state index in [1.807, 2.05) is 18.2 Å². The van der Waals surface area contributed by atoms with Crippen LogP contribution in [0.2, 0.25) is 4.34 Å². The predicted molar refractivity (Wildman–Crippen MR) is 123 cm³/mol. The molecule has 4 aromatic rings. The van der Waals surface area contributed by atoms with Crippen molar-refractivity contribution in [2.75, 3.05) is 0 Å². The normalized spacial score (nSPS) is 14.5. The second kappa shape index (κ2) is 8.45. The maximum atomic E-state index is 13.5. The molecule has 1 N–H and O–H groups in total. The fraction of sp³-hybridized carbons (Fsp3) is 0. The number of nitrogens with zero attached hydrogens (tertiary/aromatic N) is 1. The summed E-state index contributed by atoms with van der Waals surface area (Å²) in [5.74, 6) is 1.07. The lowest BCUT2D eigenvalue weighted by molar-refractivity contribution is -0.115. The van der Waals surface area contributed by atoms with Gasteiger partial charge in [-0.3, -0.25) is 4.79 Å². The largest absolute Gasteiger partial charge is 0.453 e. The molecule has 0 fully saturated rings. The summed E-state index contributed by atoms with van der Waals surface area (Å²) in [6, 6.07) is 20.3. The predicted octanol–water partition coefficient (Wildman–Crippen LogP) is 6.51. The molecule has 0 atom stereocenters. The SMILES string of the molecule is O=C1NC(c2ccc(-c3cccc(F)c3)o2)=N/C1=C\c1cccc(Oc2ccc(Cl)s2)c1. The van der Waals surface area contributed by atoms with Crippen LogP contribution in [0.3, 0.4) is 0 Å².